The second-order valence-electron chi connectivity index (χ2n) is 11.6. The van der Waals surface area contributed by atoms with Crippen molar-refractivity contribution in [3.8, 4) is 0 Å². The fourth-order valence-electron chi connectivity index (χ4n) is 6.43. The Morgan fingerprint density at radius 3 is 2.10 bits per heavy atom. The number of aliphatic hydroxyl groups is 1. The average Bonchev–Trinajstić information content (AvgIpc) is 3.01. The van der Waals surface area contributed by atoms with Crippen LogP contribution in [0.5, 0.6) is 0 Å². The zero-order chi connectivity index (χ0) is 28.5. The van der Waals surface area contributed by atoms with E-state index in [0.717, 1.165) is 64.0 Å². The summed E-state index contributed by atoms with van der Waals surface area (Å²) in [6.07, 6.45) is 6.97. The number of hydrogen-bond acceptors (Lipinski definition) is 4. The van der Waals surface area contributed by atoms with Crippen molar-refractivity contribution in [3.63, 3.8) is 0 Å². The van der Waals surface area contributed by atoms with Crippen molar-refractivity contribution >= 4 is 17.5 Å². The molecule has 3 aromatic rings. The van der Waals surface area contributed by atoms with Crippen molar-refractivity contribution < 1.29 is 9.90 Å². The number of amides is 1. The molecule has 2 aliphatic heterocycles. The molecule has 216 valence electrons. The number of nitrogens with one attached hydrogen (secondary N) is 2. The molecule has 0 aromatic heterocycles. The Labute approximate surface area is 249 Å². The highest BCUT2D eigenvalue weighted by Crippen LogP contribution is 2.38. The lowest BCUT2D eigenvalue weighted by Crippen LogP contribution is -2.44. The molecule has 5 nitrogen and oxygen atoms in total. The number of benzene rings is 3. The number of carbonyl (C=O) groups excluding carboxylic acids is 1. The Morgan fingerprint density at radius 1 is 0.927 bits per heavy atom. The van der Waals surface area contributed by atoms with Crippen LogP contribution in [-0.2, 0) is 15.8 Å². The zero-order valence-corrected chi connectivity index (χ0v) is 24.6. The van der Waals surface area contributed by atoms with Crippen molar-refractivity contribution in [2.75, 3.05) is 39.3 Å². The highest BCUT2D eigenvalue weighted by atomic mass is 35.5. The topological polar surface area (TPSA) is 64.6 Å². The van der Waals surface area contributed by atoms with Crippen LogP contribution in [0.25, 0.3) is 0 Å². The fraction of sp³-hybridized carbons (Fsp3) is 0.400. The molecule has 0 saturated carbocycles. The first-order valence-corrected chi connectivity index (χ1v) is 15.3. The maximum absolute atomic E-state index is 13.1. The first-order chi connectivity index (χ1) is 20.0. The summed E-state index contributed by atoms with van der Waals surface area (Å²) in [7, 11) is 0. The third-order valence-corrected chi connectivity index (χ3v) is 9.19. The summed E-state index contributed by atoms with van der Waals surface area (Å²) in [5.41, 5.74) is 3.46. The van der Waals surface area contributed by atoms with Crippen LogP contribution in [0.2, 0.25) is 5.02 Å². The SMILES string of the molecule is O=C(C=C1CCNCC1)NCC(CCCN1CCC(O)(c2ccc(Cl)cc2)CC1)(c1ccccc1)c1ccccc1. The van der Waals surface area contributed by atoms with E-state index in [0.29, 0.717) is 24.4 Å². The van der Waals surface area contributed by atoms with Gasteiger partial charge in [-0.15, -0.1) is 0 Å². The second-order valence-corrected chi connectivity index (χ2v) is 12.0. The predicted molar refractivity (Wildman–Crippen MR) is 167 cm³/mol. The van der Waals surface area contributed by atoms with Crippen LogP contribution in [0.3, 0.4) is 0 Å². The molecule has 2 saturated heterocycles. The molecule has 0 spiro atoms. The first-order valence-electron chi connectivity index (χ1n) is 15.0. The number of piperidine rings is 2. The minimum absolute atomic E-state index is 0.00403. The maximum atomic E-state index is 13.1. The Kier molecular flexibility index (Phi) is 9.94. The minimum Gasteiger partial charge on any atom is -0.385 e. The molecule has 1 amide bonds. The molecule has 2 aliphatic rings. The van der Waals surface area contributed by atoms with Gasteiger partial charge in [0.25, 0.3) is 0 Å². The zero-order valence-electron chi connectivity index (χ0n) is 23.8. The normalized spacial score (nSPS) is 17.7. The number of carbonyl (C=O) groups is 1. The first kappa shape index (κ1) is 29.5. The van der Waals surface area contributed by atoms with Crippen LogP contribution < -0.4 is 10.6 Å². The number of hydrogen-bond donors (Lipinski definition) is 3. The van der Waals surface area contributed by atoms with Crippen LogP contribution in [0, 0.1) is 0 Å². The third-order valence-electron chi connectivity index (χ3n) is 8.94. The summed E-state index contributed by atoms with van der Waals surface area (Å²) in [5, 5.41) is 18.7. The van der Waals surface area contributed by atoms with Gasteiger partial charge in [0.15, 0.2) is 0 Å². The molecule has 2 fully saturated rings. The molecule has 3 aromatic carbocycles. The van der Waals surface area contributed by atoms with Gasteiger partial charge in [0.1, 0.15) is 0 Å². The maximum Gasteiger partial charge on any atom is 0.243 e. The Bertz CT molecular complexity index is 1240. The number of halogens is 1. The molecule has 5 rings (SSSR count). The van der Waals surface area contributed by atoms with E-state index < -0.39 is 5.60 Å². The Balaban J connectivity index is 1.29. The van der Waals surface area contributed by atoms with Gasteiger partial charge in [-0.3, -0.25) is 4.79 Å². The monoisotopic (exact) mass is 571 g/mol. The minimum atomic E-state index is -0.799. The van der Waals surface area contributed by atoms with Gasteiger partial charge in [-0.25, -0.2) is 0 Å². The van der Waals surface area contributed by atoms with Crippen molar-refractivity contribution in [2.24, 2.45) is 0 Å². The Hall–Kier alpha value is -2.96. The third kappa shape index (κ3) is 7.47. The van der Waals surface area contributed by atoms with Crippen molar-refractivity contribution in [1.82, 2.24) is 15.5 Å². The van der Waals surface area contributed by atoms with E-state index in [4.69, 9.17) is 11.6 Å². The van der Waals surface area contributed by atoms with Crippen LogP contribution in [0.1, 0.15) is 55.2 Å². The lowest BCUT2D eigenvalue weighted by molar-refractivity contribution is -0.116. The lowest BCUT2D eigenvalue weighted by atomic mass is 9.71. The summed E-state index contributed by atoms with van der Waals surface area (Å²) in [4.78, 5) is 15.6. The quantitative estimate of drug-likeness (QED) is 0.269. The van der Waals surface area contributed by atoms with Gasteiger partial charge >= 0.3 is 0 Å². The summed E-state index contributed by atoms with van der Waals surface area (Å²) in [5.74, 6) is -0.00403. The number of likely N-dealkylation sites (tertiary alicyclic amines) is 1. The van der Waals surface area contributed by atoms with Crippen LogP contribution >= 0.6 is 11.6 Å². The summed E-state index contributed by atoms with van der Waals surface area (Å²) in [6, 6.07) is 28.8. The van der Waals surface area contributed by atoms with Gasteiger partial charge in [-0.2, -0.15) is 0 Å². The molecule has 2 heterocycles. The summed E-state index contributed by atoms with van der Waals surface area (Å²) < 4.78 is 0. The van der Waals surface area contributed by atoms with E-state index in [1.54, 1.807) is 0 Å². The van der Waals surface area contributed by atoms with Crippen molar-refractivity contribution in [3.05, 3.63) is 118 Å². The van der Waals surface area contributed by atoms with Crippen molar-refractivity contribution in [2.45, 2.75) is 49.5 Å². The number of rotatable bonds is 10. The molecule has 0 bridgehead atoms. The van der Waals surface area contributed by atoms with E-state index in [2.05, 4.69) is 76.2 Å². The molecule has 0 unspecified atom stereocenters. The van der Waals surface area contributed by atoms with E-state index in [9.17, 15) is 9.90 Å². The average molecular weight is 572 g/mol. The standard InChI is InChI=1S/C35H42ClN3O2/c36-32-14-12-31(13-15-32)35(41)19-24-39(25-20-35)23-7-18-34(29-8-3-1-4-9-29,30-10-5-2-6-11-30)27-38-33(40)26-28-16-21-37-22-17-28/h1-6,8-15,26,37,41H,7,16-25,27H2,(H,38,40). The van der Waals surface area contributed by atoms with Gasteiger partial charge < -0.3 is 20.6 Å². The molecule has 41 heavy (non-hydrogen) atoms. The van der Waals surface area contributed by atoms with Crippen molar-refractivity contribution in [1.29, 1.82) is 0 Å². The van der Waals surface area contributed by atoms with Gasteiger partial charge in [0.05, 0.1) is 5.60 Å². The molecule has 3 N–H and O–H groups in total. The van der Waals surface area contributed by atoms with E-state index in [1.807, 2.05) is 30.3 Å². The highest BCUT2D eigenvalue weighted by Gasteiger charge is 2.36. The fourth-order valence-corrected chi connectivity index (χ4v) is 6.55. The molecule has 0 aliphatic carbocycles. The molecule has 0 radical (unpaired) electrons. The highest BCUT2D eigenvalue weighted by molar-refractivity contribution is 6.30. The van der Waals surface area contributed by atoms with Gasteiger partial charge in [0.2, 0.25) is 5.91 Å². The molecule has 0 atom stereocenters. The van der Waals surface area contributed by atoms with E-state index >= 15 is 0 Å². The van der Waals surface area contributed by atoms with Crippen LogP contribution in [0.4, 0.5) is 0 Å². The summed E-state index contributed by atoms with van der Waals surface area (Å²) >= 11 is 6.07. The van der Waals surface area contributed by atoms with Crippen LogP contribution in [-0.4, -0.2) is 55.2 Å². The largest absolute Gasteiger partial charge is 0.385 e. The van der Waals surface area contributed by atoms with E-state index in [1.165, 1.54) is 16.7 Å². The van der Waals surface area contributed by atoms with E-state index in [-0.39, 0.29) is 11.3 Å². The predicted octanol–water partition coefficient (Wildman–Crippen LogP) is 5.82. The molecular formula is C35H42ClN3O2. The van der Waals surface area contributed by atoms with Crippen LogP contribution in [0.15, 0.2) is 96.6 Å². The van der Waals surface area contributed by atoms with Gasteiger partial charge in [-0.1, -0.05) is 90.0 Å². The smallest absolute Gasteiger partial charge is 0.243 e. The molecule has 6 heteroatoms. The lowest BCUT2D eigenvalue weighted by Gasteiger charge is -2.40. The number of nitrogens with zero attached hydrogens (tertiary/aromatic N) is 1. The van der Waals surface area contributed by atoms with Gasteiger partial charge in [-0.05, 0) is 87.0 Å². The Morgan fingerprint density at radius 2 is 1.51 bits per heavy atom. The summed E-state index contributed by atoms with van der Waals surface area (Å²) in [6.45, 7) is 5.06. The second kappa shape index (κ2) is 13.8. The van der Waals surface area contributed by atoms with Gasteiger partial charge in [0, 0.05) is 36.1 Å². The molecular weight excluding hydrogens is 530 g/mol.